The summed E-state index contributed by atoms with van der Waals surface area (Å²) in [6, 6.07) is 3.79. The molecule has 0 bridgehead atoms. The Labute approximate surface area is 151 Å². The van der Waals surface area contributed by atoms with Gasteiger partial charge in [0.25, 0.3) is 0 Å². The first-order chi connectivity index (χ1) is 12.4. The van der Waals surface area contributed by atoms with Crippen molar-refractivity contribution in [1.29, 1.82) is 0 Å². The topological polar surface area (TPSA) is 110 Å². The summed E-state index contributed by atoms with van der Waals surface area (Å²) in [6.45, 7) is 3.91. The standard InChI is InChI=1S/C17H24N4O5/c1-17(2,23-3)9-25-16(22)24-8-11-4-7-14(26-11)12-5-6-13-15(18)19-10-20-21(12)13/h5-6,10-11,14H,4,7-9H2,1-3H3,(H2,18,19,20). The molecule has 0 spiro atoms. The van der Waals surface area contributed by atoms with Crippen LogP contribution < -0.4 is 5.73 Å². The van der Waals surface area contributed by atoms with Crippen LogP contribution in [0.4, 0.5) is 10.6 Å². The molecule has 0 aromatic carbocycles. The van der Waals surface area contributed by atoms with Gasteiger partial charge in [0.15, 0.2) is 5.82 Å². The molecule has 0 aliphatic carbocycles. The Morgan fingerprint density at radius 2 is 2.19 bits per heavy atom. The van der Waals surface area contributed by atoms with E-state index in [1.54, 1.807) is 11.6 Å². The Kier molecular flexibility index (Phi) is 5.28. The Hall–Kier alpha value is -2.39. The first kappa shape index (κ1) is 18.4. The van der Waals surface area contributed by atoms with E-state index in [0.717, 1.165) is 24.1 Å². The Bertz CT molecular complexity index is 776. The van der Waals surface area contributed by atoms with Crippen LogP contribution in [0.25, 0.3) is 5.52 Å². The minimum atomic E-state index is -0.726. The number of hydrogen-bond donors (Lipinski definition) is 1. The maximum absolute atomic E-state index is 11.7. The zero-order valence-electron chi connectivity index (χ0n) is 15.2. The summed E-state index contributed by atoms with van der Waals surface area (Å²) in [5.41, 5.74) is 6.95. The molecule has 9 heteroatoms. The van der Waals surface area contributed by atoms with Crippen LogP contribution in [0.3, 0.4) is 0 Å². The van der Waals surface area contributed by atoms with E-state index in [4.69, 9.17) is 24.7 Å². The van der Waals surface area contributed by atoms with E-state index in [9.17, 15) is 4.79 Å². The van der Waals surface area contributed by atoms with Crippen LogP contribution >= 0.6 is 0 Å². The molecule has 0 saturated carbocycles. The monoisotopic (exact) mass is 364 g/mol. The molecule has 2 atom stereocenters. The van der Waals surface area contributed by atoms with Gasteiger partial charge in [-0.15, -0.1) is 0 Å². The van der Waals surface area contributed by atoms with Crippen molar-refractivity contribution in [3.8, 4) is 0 Å². The number of nitrogens with zero attached hydrogens (tertiary/aromatic N) is 3. The molecule has 142 valence electrons. The Morgan fingerprint density at radius 3 is 2.96 bits per heavy atom. The van der Waals surface area contributed by atoms with Crippen LogP contribution in [0.5, 0.6) is 0 Å². The van der Waals surface area contributed by atoms with E-state index in [1.807, 2.05) is 26.0 Å². The first-order valence-corrected chi connectivity index (χ1v) is 8.48. The van der Waals surface area contributed by atoms with Crippen LogP contribution in [-0.2, 0) is 18.9 Å². The van der Waals surface area contributed by atoms with E-state index in [0.29, 0.717) is 5.82 Å². The molecule has 1 aliphatic rings. The summed E-state index contributed by atoms with van der Waals surface area (Å²) in [6.07, 6.45) is 1.94. The van der Waals surface area contributed by atoms with Crippen LogP contribution in [0.2, 0.25) is 0 Å². The molecule has 3 heterocycles. The summed E-state index contributed by atoms with van der Waals surface area (Å²) >= 11 is 0. The number of carbonyl (C=O) groups excluding carboxylic acids is 1. The van der Waals surface area contributed by atoms with Gasteiger partial charge in [-0.25, -0.2) is 14.3 Å². The Balaban J connectivity index is 1.51. The van der Waals surface area contributed by atoms with Crippen molar-refractivity contribution in [3.63, 3.8) is 0 Å². The molecule has 26 heavy (non-hydrogen) atoms. The molecule has 2 aromatic heterocycles. The lowest BCUT2D eigenvalue weighted by Crippen LogP contribution is -2.31. The van der Waals surface area contributed by atoms with Gasteiger partial charge in [-0.1, -0.05) is 0 Å². The predicted octanol–water partition coefficient (Wildman–Crippen LogP) is 2.11. The average Bonchev–Trinajstić information content (AvgIpc) is 3.25. The molecular formula is C17H24N4O5. The van der Waals surface area contributed by atoms with E-state index >= 15 is 0 Å². The zero-order chi connectivity index (χ0) is 18.7. The van der Waals surface area contributed by atoms with Crippen molar-refractivity contribution in [2.45, 2.75) is 44.5 Å². The van der Waals surface area contributed by atoms with E-state index < -0.39 is 11.8 Å². The van der Waals surface area contributed by atoms with Gasteiger partial charge in [0.05, 0.1) is 17.4 Å². The van der Waals surface area contributed by atoms with E-state index in [1.165, 1.54) is 6.33 Å². The summed E-state index contributed by atoms with van der Waals surface area (Å²) in [5.74, 6) is 0.422. The normalized spacial score (nSPS) is 20.4. The Morgan fingerprint density at radius 1 is 1.38 bits per heavy atom. The fourth-order valence-electron chi connectivity index (χ4n) is 2.76. The molecule has 2 aromatic rings. The van der Waals surface area contributed by atoms with Crippen LogP contribution in [0, 0.1) is 0 Å². The molecule has 1 fully saturated rings. The number of hydrogen-bond acceptors (Lipinski definition) is 8. The van der Waals surface area contributed by atoms with Crippen molar-refractivity contribution < 1.29 is 23.7 Å². The molecule has 3 rings (SSSR count). The molecule has 2 N–H and O–H groups in total. The predicted molar refractivity (Wildman–Crippen MR) is 92.6 cm³/mol. The minimum absolute atomic E-state index is 0.119. The number of ether oxygens (including phenoxy) is 4. The number of aromatic nitrogens is 3. The van der Waals surface area contributed by atoms with E-state index in [-0.39, 0.29) is 25.4 Å². The van der Waals surface area contributed by atoms with Crippen molar-refractivity contribution in [1.82, 2.24) is 14.6 Å². The van der Waals surface area contributed by atoms with Gasteiger partial charge in [-0.2, -0.15) is 5.10 Å². The highest BCUT2D eigenvalue weighted by molar-refractivity contribution is 5.65. The van der Waals surface area contributed by atoms with Crippen molar-refractivity contribution >= 4 is 17.5 Å². The van der Waals surface area contributed by atoms with Crippen LogP contribution in [0.15, 0.2) is 18.5 Å². The SMILES string of the molecule is COC(C)(C)COC(=O)OCC1CCC(c2ccc3c(N)ncnn23)O1. The maximum atomic E-state index is 11.7. The van der Waals surface area contributed by atoms with E-state index in [2.05, 4.69) is 10.1 Å². The van der Waals surface area contributed by atoms with Gasteiger partial charge >= 0.3 is 6.16 Å². The quantitative estimate of drug-likeness (QED) is 0.776. The van der Waals surface area contributed by atoms with Crippen molar-refractivity contribution in [2.75, 3.05) is 26.1 Å². The van der Waals surface area contributed by atoms with Gasteiger partial charge < -0.3 is 24.7 Å². The fraction of sp³-hybridized carbons (Fsp3) is 0.588. The number of rotatable bonds is 6. The zero-order valence-corrected chi connectivity index (χ0v) is 15.2. The number of methoxy groups -OCH3 is 1. The molecular weight excluding hydrogens is 340 g/mol. The number of nitrogen functional groups attached to an aromatic ring is 1. The molecule has 1 saturated heterocycles. The second-order valence-electron chi connectivity index (χ2n) is 6.84. The average molecular weight is 364 g/mol. The van der Waals surface area contributed by atoms with Gasteiger partial charge in [-0.05, 0) is 38.8 Å². The van der Waals surface area contributed by atoms with Gasteiger partial charge in [-0.3, -0.25) is 0 Å². The van der Waals surface area contributed by atoms with Gasteiger partial charge in [0.1, 0.15) is 31.2 Å². The largest absolute Gasteiger partial charge is 0.508 e. The van der Waals surface area contributed by atoms with Gasteiger partial charge in [0.2, 0.25) is 0 Å². The highest BCUT2D eigenvalue weighted by Crippen LogP contribution is 2.33. The van der Waals surface area contributed by atoms with Crippen molar-refractivity contribution in [3.05, 3.63) is 24.2 Å². The lowest BCUT2D eigenvalue weighted by Gasteiger charge is -2.22. The summed E-state index contributed by atoms with van der Waals surface area (Å²) < 4.78 is 23.1. The number of anilines is 1. The van der Waals surface area contributed by atoms with Crippen molar-refractivity contribution in [2.24, 2.45) is 0 Å². The lowest BCUT2D eigenvalue weighted by molar-refractivity contribution is -0.0566. The summed E-state index contributed by atoms with van der Waals surface area (Å²) in [5, 5.41) is 4.23. The first-order valence-electron chi connectivity index (χ1n) is 8.48. The van der Waals surface area contributed by atoms with Gasteiger partial charge in [0, 0.05) is 7.11 Å². The second kappa shape index (κ2) is 7.46. The molecule has 1 aliphatic heterocycles. The molecule has 2 unspecified atom stereocenters. The molecule has 0 radical (unpaired) electrons. The molecule has 0 amide bonds. The smallest absolute Gasteiger partial charge is 0.432 e. The summed E-state index contributed by atoms with van der Waals surface area (Å²) in [4.78, 5) is 15.7. The second-order valence-corrected chi connectivity index (χ2v) is 6.84. The highest BCUT2D eigenvalue weighted by atomic mass is 16.7. The minimum Gasteiger partial charge on any atom is -0.432 e. The number of carbonyl (C=O) groups is 1. The fourth-order valence-corrected chi connectivity index (χ4v) is 2.76. The third-order valence-electron chi connectivity index (χ3n) is 4.43. The lowest BCUT2D eigenvalue weighted by atomic mass is 10.1. The highest BCUT2D eigenvalue weighted by Gasteiger charge is 2.30. The third-order valence-corrected chi connectivity index (χ3v) is 4.43. The number of nitrogens with two attached hydrogens (primary N) is 1. The molecule has 9 nitrogen and oxygen atoms in total. The van der Waals surface area contributed by atoms with Crippen LogP contribution in [0.1, 0.15) is 38.5 Å². The number of fused-ring (bicyclic) bond motifs is 1. The summed E-state index contributed by atoms with van der Waals surface area (Å²) in [7, 11) is 1.56. The third kappa shape index (κ3) is 4.05. The maximum Gasteiger partial charge on any atom is 0.508 e. The van der Waals surface area contributed by atoms with Crippen LogP contribution in [-0.4, -0.2) is 52.8 Å².